The Morgan fingerprint density at radius 1 is 1.15 bits per heavy atom. The topological polar surface area (TPSA) is 37.8 Å². The van der Waals surface area contributed by atoms with Crippen molar-refractivity contribution >= 4 is 44.1 Å². The molecule has 3 nitrogen and oxygen atoms in total. The second-order valence-electron chi connectivity index (χ2n) is 4.34. The van der Waals surface area contributed by atoms with Gasteiger partial charge in [0.1, 0.15) is 0 Å². The molecule has 1 N–H and O–H groups in total. The second-order valence-corrected chi connectivity index (χ2v) is 5.61. The van der Waals surface area contributed by atoms with Crippen LogP contribution in [0.3, 0.4) is 0 Å². The molecule has 0 unspecified atom stereocenters. The van der Waals surface area contributed by atoms with E-state index >= 15 is 0 Å². The summed E-state index contributed by atoms with van der Waals surface area (Å²) in [5.74, 6) is 0. The van der Waals surface area contributed by atoms with E-state index in [0.717, 1.165) is 26.6 Å². The Morgan fingerprint density at radius 2 is 2.00 bits per heavy atom. The van der Waals surface area contributed by atoms with Crippen LogP contribution in [0.4, 0.5) is 5.69 Å². The smallest absolute Gasteiger partial charge is 0.152 e. The van der Waals surface area contributed by atoms with Crippen LogP contribution in [0.2, 0.25) is 5.15 Å². The standard InChI is InChI=1S/C15H11BrClN3/c16-12-7-13(15(17)20-9-12)19-8-11-4-1-3-10-5-2-6-18-14(10)11/h1-7,9,19H,8H2. The fourth-order valence-electron chi connectivity index (χ4n) is 2.05. The predicted octanol–water partition coefficient (Wildman–Crippen LogP) is 4.66. The fraction of sp³-hybridized carbons (Fsp3) is 0.0667. The summed E-state index contributed by atoms with van der Waals surface area (Å²) in [4.78, 5) is 8.53. The first kappa shape index (κ1) is 13.3. The van der Waals surface area contributed by atoms with Crippen molar-refractivity contribution in [1.29, 1.82) is 0 Å². The lowest BCUT2D eigenvalue weighted by atomic mass is 10.1. The van der Waals surface area contributed by atoms with E-state index in [1.165, 1.54) is 0 Å². The number of fused-ring (bicyclic) bond motifs is 1. The minimum atomic E-state index is 0.460. The average molecular weight is 349 g/mol. The van der Waals surface area contributed by atoms with E-state index in [0.29, 0.717) is 11.7 Å². The lowest BCUT2D eigenvalue weighted by Gasteiger charge is -2.10. The van der Waals surface area contributed by atoms with Gasteiger partial charge in [0, 0.05) is 28.8 Å². The summed E-state index contributed by atoms with van der Waals surface area (Å²) in [5.41, 5.74) is 2.93. The Kier molecular flexibility index (Phi) is 3.85. The molecule has 0 aliphatic heterocycles. The van der Waals surface area contributed by atoms with E-state index in [9.17, 15) is 0 Å². The van der Waals surface area contributed by atoms with Gasteiger partial charge in [-0.2, -0.15) is 0 Å². The molecule has 2 heterocycles. The maximum Gasteiger partial charge on any atom is 0.152 e. The molecule has 3 aromatic rings. The van der Waals surface area contributed by atoms with Gasteiger partial charge in [0.2, 0.25) is 0 Å². The molecule has 0 aliphatic rings. The van der Waals surface area contributed by atoms with Crippen molar-refractivity contribution in [2.24, 2.45) is 0 Å². The number of hydrogen-bond donors (Lipinski definition) is 1. The van der Waals surface area contributed by atoms with Crippen molar-refractivity contribution in [2.45, 2.75) is 6.54 Å². The van der Waals surface area contributed by atoms with Crippen LogP contribution in [0.1, 0.15) is 5.56 Å². The molecule has 0 atom stereocenters. The second kappa shape index (κ2) is 5.77. The molecular formula is C15H11BrClN3. The maximum absolute atomic E-state index is 6.07. The van der Waals surface area contributed by atoms with Crippen molar-refractivity contribution in [2.75, 3.05) is 5.32 Å². The number of para-hydroxylation sites is 1. The molecule has 0 radical (unpaired) electrons. The van der Waals surface area contributed by atoms with Crippen LogP contribution in [0, 0.1) is 0 Å². The van der Waals surface area contributed by atoms with Crippen LogP contribution >= 0.6 is 27.5 Å². The Balaban J connectivity index is 1.89. The lowest BCUT2D eigenvalue weighted by molar-refractivity contribution is 1.14. The highest BCUT2D eigenvalue weighted by Gasteiger charge is 2.05. The van der Waals surface area contributed by atoms with Crippen molar-refractivity contribution < 1.29 is 0 Å². The molecule has 0 saturated carbocycles. The van der Waals surface area contributed by atoms with Crippen molar-refractivity contribution in [3.05, 3.63) is 64.0 Å². The fourth-order valence-corrected chi connectivity index (χ4v) is 2.55. The van der Waals surface area contributed by atoms with Gasteiger partial charge in [-0.3, -0.25) is 4.98 Å². The monoisotopic (exact) mass is 347 g/mol. The average Bonchev–Trinajstić information content (AvgIpc) is 2.48. The minimum absolute atomic E-state index is 0.460. The van der Waals surface area contributed by atoms with E-state index in [4.69, 9.17) is 11.6 Å². The van der Waals surface area contributed by atoms with Crippen LogP contribution in [-0.4, -0.2) is 9.97 Å². The third-order valence-corrected chi connectivity index (χ3v) is 3.73. The first-order chi connectivity index (χ1) is 9.74. The first-order valence-electron chi connectivity index (χ1n) is 6.11. The number of rotatable bonds is 3. The quantitative estimate of drug-likeness (QED) is 0.700. The van der Waals surface area contributed by atoms with Gasteiger partial charge in [-0.1, -0.05) is 35.9 Å². The molecule has 0 spiro atoms. The summed E-state index contributed by atoms with van der Waals surface area (Å²) in [7, 11) is 0. The third kappa shape index (κ3) is 2.76. The van der Waals surface area contributed by atoms with Gasteiger partial charge in [-0.15, -0.1) is 0 Å². The largest absolute Gasteiger partial charge is 0.378 e. The van der Waals surface area contributed by atoms with Crippen molar-refractivity contribution in [1.82, 2.24) is 9.97 Å². The Labute approximate surface area is 130 Å². The molecule has 1 aromatic carbocycles. The van der Waals surface area contributed by atoms with E-state index in [1.807, 2.05) is 18.2 Å². The van der Waals surface area contributed by atoms with Crippen LogP contribution in [-0.2, 0) is 6.54 Å². The molecule has 0 fully saturated rings. The summed E-state index contributed by atoms with van der Waals surface area (Å²) in [6.45, 7) is 0.645. The maximum atomic E-state index is 6.07. The number of benzene rings is 1. The molecule has 20 heavy (non-hydrogen) atoms. The van der Waals surface area contributed by atoms with Crippen molar-refractivity contribution in [3.63, 3.8) is 0 Å². The summed E-state index contributed by atoms with van der Waals surface area (Å²) in [5, 5.41) is 4.89. The lowest BCUT2D eigenvalue weighted by Crippen LogP contribution is -2.02. The Bertz CT molecular complexity index is 756. The van der Waals surface area contributed by atoms with Gasteiger partial charge in [-0.25, -0.2) is 4.98 Å². The van der Waals surface area contributed by atoms with E-state index in [2.05, 4.69) is 49.4 Å². The molecule has 0 saturated heterocycles. The first-order valence-corrected chi connectivity index (χ1v) is 7.29. The van der Waals surface area contributed by atoms with Gasteiger partial charge in [0.05, 0.1) is 11.2 Å². The molecule has 5 heteroatoms. The summed E-state index contributed by atoms with van der Waals surface area (Å²) in [6.07, 6.45) is 3.48. The summed E-state index contributed by atoms with van der Waals surface area (Å²) >= 11 is 9.46. The van der Waals surface area contributed by atoms with Crippen LogP contribution < -0.4 is 5.32 Å². The zero-order valence-electron chi connectivity index (χ0n) is 10.5. The van der Waals surface area contributed by atoms with Crippen LogP contribution in [0.5, 0.6) is 0 Å². The number of pyridine rings is 2. The molecule has 100 valence electrons. The van der Waals surface area contributed by atoms with E-state index in [1.54, 1.807) is 12.4 Å². The third-order valence-electron chi connectivity index (χ3n) is 2.99. The zero-order valence-corrected chi connectivity index (χ0v) is 12.8. The normalized spacial score (nSPS) is 10.7. The van der Waals surface area contributed by atoms with Gasteiger partial charge in [-0.05, 0) is 33.6 Å². The van der Waals surface area contributed by atoms with Crippen molar-refractivity contribution in [3.8, 4) is 0 Å². The van der Waals surface area contributed by atoms with Gasteiger partial charge < -0.3 is 5.32 Å². The molecule has 0 aliphatic carbocycles. The highest BCUT2D eigenvalue weighted by molar-refractivity contribution is 9.10. The molecule has 3 rings (SSSR count). The number of nitrogens with zero attached hydrogens (tertiary/aromatic N) is 2. The Morgan fingerprint density at radius 3 is 2.90 bits per heavy atom. The van der Waals surface area contributed by atoms with Gasteiger partial charge in [0.25, 0.3) is 0 Å². The number of halogens is 2. The number of aromatic nitrogens is 2. The van der Waals surface area contributed by atoms with Crippen LogP contribution in [0.25, 0.3) is 10.9 Å². The van der Waals surface area contributed by atoms with E-state index in [-0.39, 0.29) is 0 Å². The predicted molar refractivity (Wildman–Crippen MR) is 86.0 cm³/mol. The molecule has 0 bridgehead atoms. The molecule has 0 amide bonds. The summed E-state index contributed by atoms with van der Waals surface area (Å²) in [6, 6.07) is 12.0. The van der Waals surface area contributed by atoms with Crippen LogP contribution in [0.15, 0.2) is 53.3 Å². The Hall–Kier alpha value is -1.65. The molecule has 2 aromatic heterocycles. The minimum Gasteiger partial charge on any atom is -0.378 e. The highest BCUT2D eigenvalue weighted by atomic mass is 79.9. The van der Waals surface area contributed by atoms with Gasteiger partial charge in [0.15, 0.2) is 5.15 Å². The van der Waals surface area contributed by atoms with Gasteiger partial charge >= 0.3 is 0 Å². The number of hydrogen-bond acceptors (Lipinski definition) is 3. The SMILES string of the molecule is Clc1ncc(Br)cc1NCc1cccc2cccnc12. The zero-order chi connectivity index (χ0) is 13.9. The van der Waals surface area contributed by atoms with E-state index < -0.39 is 0 Å². The number of anilines is 1. The summed E-state index contributed by atoms with van der Waals surface area (Å²) < 4.78 is 0.889. The molecular weight excluding hydrogens is 338 g/mol. The highest BCUT2D eigenvalue weighted by Crippen LogP contribution is 2.24. The number of nitrogens with one attached hydrogen (secondary N) is 1.